The Bertz CT molecular complexity index is 348. The van der Waals surface area contributed by atoms with E-state index in [1.165, 1.54) is 0 Å². The van der Waals surface area contributed by atoms with Crippen LogP contribution in [0.25, 0.3) is 0 Å². The van der Waals surface area contributed by atoms with Gasteiger partial charge in [-0.05, 0) is 32.4 Å². The van der Waals surface area contributed by atoms with Crippen LogP contribution in [0.15, 0.2) is 27.8 Å². The van der Waals surface area contributed by atoms with Gasteiger partial charge in [-0.2, -0.15) is 0 Å². The molecule has 2 N–H and O–H groups in total. The Morgan fingerprint density at radius 1 is 1.37 bits per heavy atom. The third-order valence-electron chi connectivity index (χ3n) is 2.53. The first kappa shape index (κ1) is 15.6. The molecule has 0 aromatic carbocycles. The molecule has 0 atom stereocenters. The van der Waals surface area contributed by atoms with E-state index in [9.17, 15) is 0 Å². The molecule has 0 saturated heterocycles. The van der Waals surface area contributed by atoms with Gasteiger partial charge in [0.15, 0.2) is 5.96 Å². The Balaban J connectivity index is 2.06. The second-order valence-electron chi connectivity index (χ2n) is 4.53. The quantitative estimate of drug-likeness (QED) is 0.428. The first-order valence-corrected chi connectivity index (χ1v) is 6.81. The maximum absolute atomic E-state index is 5.47. The van der Waals surface area contributed by atoms with Crippen LogP contribution < -0.4 is 10.6 Å². The lowest BCUT2D eigenvalue weighted by Gasteiger charge is -2.12. The van der Waals surface area contributed by atoms with E-state index in [2.05, 4.69) is 15.6 Å². The van der Waals surface area contributed by atoms with Crippen molar-refractivity contribution in [2.45, 2.75) is 32.8 Å². The third kappa shape index (κ3) is 7.51. The van der Waals surface area contributed by atoms with Gasteiger partial charge in [-0.15, -0.1) is 0 Å². The van der Waals surface area contributed by atoms with Gasteiger partial charge in [-0.1, -0.05) is 0 Å². The van der Waals surface area contributed by atoms with Gasteiger partial charge in [0.1, 0.15) is 5.76 Å². The van der Waals surface area contributed by atoms with Crippen molar-refractivity contribution in [3.8, 4) is 0 Å². The van der Waals surface area contributed by atoms with E-state index in [0.29, 0.717) is 6.10 Å². The summed E-state index contributed by atoms with van der Waals surface area (Å²) in [5, 5.41) is 6.50. The Kier molecular flexibility index (Phi) is 7.74. The van der Waals surface area contributed by atoms with Crippen molar-refractivity contribution in [1.29, 1.82) is 0 Å². The summed E-state index contributed by atoms with van der Waals surface area (Å²) >= 11 is 0. The minimum absolute atomic E-state index is 0.297. The predicted octanol–water partition coefficient (Wildman–Crippen LogP) is 1.80. The summed E-state index contributed by atoms with van der Waals surface area (Å²) in [6, 6.07) is 3.87. The topological polar surface area (TPSA) is 58.8 Å². The molecule has 1 rings (SSSR count). The monoisotopic (exact) mass is 267 g/mol. The molecule has 0 aliphatic rings. The highest BCUT2D eigenvalue weighted by Gasteiger charge is 1.99. The van der Waals surface area contributed by atoms with Crippen molar-refractivity contribution < 1.29 is 9.15 Å². The number of guanidine groups is 1. The number of hydrogen-bond donors (Lipinski definition) is 2. The van der Waals surface area contributed by atoms with E-state index in [1.54, 1.807) is 13.3 Å². The highest BCUT2D eigenvalue weighted by molar-refractivity contribution is 5.79. The van der Waals surface area contributed by atoms with Crippen LogP contribution in [-0.2, 0) is 11.2 Å². The van der Waals surface area contributed by atoms with Crippen LogP contribution in [0, 0.1) is 0 Å². The zero-order chi connectivity index (χ0) is 13.9. The summed E-state index contributed by atoms with van der Waals surface area (Å²) in [4.78, 5) is 4.16. The minimum Gasteiger partial charge on any atom is -0.469 e. The average Bonchev–Trinajstić information content (AvgIpc) is 2.89. The van der Waals surface area contributed by atoms with Crippen molar-refractivity contribution in [3.63, 3.8) is 0 Å². The van der Waals surface area contributed by atoms with E-state index < -0.39 is 0 Å². The van der Waals surface area contributed by atoms with Gasteiger partial charge in [0.2, 0.25) is 0 Å². The summed E-state index contributed by atoms with van der Waals surface area (Å²) in [6.07, 6.45) is 3.81. The largest absolute Gasteiger partial charge is 0.469 e. The molecule has 0 amide bonds. The smallest absolute Gasteiger partial charge is 0.190 e. The van der Waals surface area contributed by atoms with Crippen molar-refractivity contribution >= 4 is 5.96 Å². The number of nitrogens with one attached hydrogen (secondary N) is 2. The van der Waals surface area contributed by atoms with E-state index >= 15 is 0 Å². The SMILES string of the molecule is CN=C(NCCCOC(C)C)NCCc1ccco1. The highest BCUT2D eigenvalue weighted by Crippen LogP contribution is 1.99. The van der Waals surface area contributed by atoms with E-state index in [-0.39, 0.29) is 0 Å². The number of ether oxygens (including phenoxy) is 1. The van der Waals surface area contributed by atoms with Gasteiger partial charge in [0.05, 0.1) is 12.4 Å². The van der Waals surface area contributed by atoms with Gasteiger partial charge in [-0.25, -0.2) is 0 Å². The van der Waals surface area contributed by atoms with Crippen molar-refractivity contribution in [1.82, 2.24) is 10.6 Å². The van der Waals surface area contributed by atoms with Gasteiger partial charge in [0, 0.05) is 33.2 Å². The molecule has 1 heterocycles. The first-order chi connectivity index (χ1) is 9.22. The Hall–Kier alpha value is -1.49. The molecule has 0 radical (unpaired) electrons. The molecule has 0 fully saturated rings. The first-order valence-electron chi connectivity index (χ1n) is 6.81. The number of rotatable bonds is 8. The van der Waals surface area contributed by atoms with Crippen molar-refractivity contribution in [3.05, 3.63) is 24.2 Å². The zero-order valence-electron chi connectivity index (χ0n) is 12.1. The van der Waals surface area contributed by atoms with Gasteiger partial charge in [0.25, 0.3) is 0 Å². The van der Waals surface area contributed by atoms with Crippen molar-refractivity contribution in [2.75, 3.05) is 26.7 Å². The summed E-state index contributed by atoms with van der Waals surface area (Å²) in [5.74, 6) is 1.80. The van der Waals surface area contributed by atoms with Crippen LogP contribution in [0.5, 0.6) is 0 Å². The summed E-state index contributed by atoms with van der Waals surface area (Å²) < 4.78 is 10.7. The number of hydrogen-bond acceptors (Lipinski definition) is 3. The molecule has 108 valence electrons. The molecule has 0 bridgehead atoms. The maximum Gasteiger partial charge on any atom is 0.190 e. The molecule has 1 aromatic heterocycles. The lowest BCUT2D eigenvalue weighted by Crippen LogP contribution is -2.39. The van der Waals surface area contributed by atoms with Crippen LogP contribution in [-0.4, -0.2) is 38.8 Å². The number of nitrogens with zero attached hydrogens (tertiary/aromatic N) is 1. The number of furan rings is 1. The zero-order valence-corrected chi connectivity index (χ0v) is 12.1. The fraction of sp³-hybridized carbons (Fsp3) is 0.643. The van der Waals surface area contributed by atoms with Crippen LogP contribution >= 0.6 is 0 Å². The fourth-order valence-corrected chi connectivity index (χ4v) is 1.58. The fourth-order valence-electron chi connectivity index (χ4n) is 1.58. The molecule has 0 spiro atoms. The molecule has 5 nitrogen and oxygen atoms in total. The van der Waals surface area contributed by atoms with E-state index in [4.69, 9.17) is 9.15 Å². The molecule has 0 unspecified atom stereocenters. The van der Waals surface area contributed by atoms with Gasteiger partial charge in [-0.3, -0.25) is 4.99 Å². The number of aliphatic imine (C=N–C) groups is 1. The lowest BCUT2D eigenvalue weighted by molar-refractivity contribution is 0.0776. The molecule has 0 aliphatic carbocycles. The highest BCUT2D eigenvalue weighted by atomic mass is 16.5. The Morgan fingerprint density at radius 2 is 2.16 bits per heavy atom. The summed E-state index contributed by atoms with van der Waals surface area (Å²) in [6.45, 7) is 6.52. The van der Waals surface area contributed by atoms with E-state index in [1.807, 2.05) is 26.0 Å². The molecule has 5 heteroatoms. The average molecular weight is 267 g/mol. The molecular weight excluding hydrogens is 242 g/mol. The maximum atomic E-state index is 5.47. The molecule has 1 aromatic rings. The molecule has 0 aliphatic heterocycles. The van der Waals surface area contributed by atoms with Crippen LogP contribution in [0.4, 0.5) is 0 Å². The normalized spacial score (nSPS) is 11.9. The molecule has 0 saturated carbocycles. The standard InChI is InChI=1S/C14H25N3O2/c1-12(2)18-11-5-8-16-14(15-3)17-9-7-13-6-4-10-19-13/h4,6,10,12H,5,7-9,11H2,1-3H3,(H2,15,16,17). The van der Waals surface area contributed by atoms with Crippen LogP contribution in [0.1, 0.15) is 26.0 Å². The second-order valence-corrected chi connectivity index (χ2v) is 4.53. The van der Waals surface area contributed by atoms with Gasteiger partial charge < -0.3 is 19.8 Å². The minimum atomic E-state index is 0.297. The Labute approximate surface area is 115 Å². The molecular formula is C14H25N3O2. The second kappa shape index (κ2) is 9.44. The third-order valence-corrected chi connectivity index (χ3v) is 2.53. The summed E-state index contributed by atoms with van der Waals surface area (Å²) in [5.41, 5.74) is 0. The van der Waals surface area contributed by atoms with Crippen LogP contribution in [0.2, 0.25) is 0 Å². The van der Waals surface area contributed by atoms with Crippen LogP contribution in [0.3, 0.4) is 0 Å². The lowest BCUT2D eigenvalue weighted by atomic mass is 10.3. The van der Waals surface area contributed by atoms with Crippen molar-refractivity contribution in [2.24, 2.45) is 4.99 Å². The summed E-state index contributed by atoms with van der Waals surface area (Å²) in [7, 11) is 1.77. The Morgan fingerprint density at radius 3 is 2.79 bits per heavy atom. The predicted molar refractivity (Wildman–Crippen MR) is 77.5 cm³/mol. The molecule has 19 heavy (non-hydrogen) atoms. The van der Waals surface area contributed by atoms with Gasteiger partial charge >= 0.3 is 0 Å². The van der Waals surface area contributed by atoms with E-state index in [0.717, 1.165) is 44.3 Å².